The van der Waals surface area contributed by atoms with Gasteiger partial charge in [0.05, 0.1) is 25.7 Å². The van der Waals surface area contributed by atoms with E-state index in [1.54, 1.807) is 0 Å². The van der Waals surface area contributed by atoms with Crippen molar-refractivity contribution in [3.8, 4) is 5.75 Å². The molecule has 0 bridgehead atoms. The number of halogens is 1. The molecule has 0 radical (unpaired) electrons. The summed E-state index contributed by atoms with van der Waals surface area (Å²) in [6, 6.07) is 7.57. The van der Waals surface area contributed by atoms with Crippen LogP contribution in [0.5, 0.6) is 5.75 Å². The van der Waals surface area contributed by atoms with Gasteiger partial charge in [-0.05, 0) is 18.9 Å². The minimum atomic E-state index is -0.670. The molecule has 1 aromatic carbocycles. The van der Waals surface area contributed by atoms with E-state index in [4.69, 9.17) is 10.5 Å². The highest BCUT2D eigenvalue weighted by Crippen LogP contribution is 2.35. The molecule has 1 aliphatic carbocycles. The van der Waals surface area contributed by atoms with Crippen molar-refractivity contribution in [1.29, 1.82) is 0 Å². The van der Waals surface area contributed by atoms with Crippen LogP contribution in [0.2, 0.25) is 0 Å². The maximum absolute atomic E-state index is 12.6. The number of fused-ring (bicyclic) bond motifs is 1. The summed E-state index contributed by atoms with van der Waals surface area (Å²) in [4.78, 5) is 30.3. The number of nitrogens with zero attached hydrogens (tertiary/aromatic N) is 2. The van der Waals surface area contributed by atoms with Crippen LogP contribution in [0.15, 0.2) is 29.3 Å². The number of carbonyl (C=O) groups is 2. The van der Waals surface area contributed by atoms with Crippen LogP contribution in [0.4, 0.5) is 4.79 Å². The first kappa shape index (κ1) is 20.7. The van der Waals surface area contributed by atoms with Crippen LogP contribution in [-0.2, 0) is 4.79 Å². The van der Waals surface area contributed by atoms with Crippen molar-refractivity contribution >= 4 is 41.9 Å². The zero-order valence-corrected chi connectivity index (χ0v) is 18.0. The fourth-order valence-corrected chi connectivity index (χ4v) is 4.18. The van der Waals surface area contributed by atoms with Gasteiger partial charge in [0.1, 0.15) is 11.3 Å². The second-order valence-corrected chi connectivity index (χ2v) is 7.32. The summed E-state index contributed by atoms with van der Waals surface area (Å²) < 4.78 is 5.64. The van der Waals surface area contributed by atoms with Gasteiger partial charge in [0.15, 0.2) is 5.96 Å². The van der Waals surface area contributed by atoms with E-state index in [0.29, 0.717) is 12.6 Å². The van der Waals surface area contributed by atoms with E-state index >= 15 is 0 Å². The molecule has 3 amide bonds. The third kappa shape index (κ3) is 3.89. The molecule has 9 heteroatoms. The van der Waals surface area contributed by atoms with E-state index in [2.05, 4.69) is 15.6 Å². The minimum Gasteiger partial charge on any atom is -0.493 e. The smallest absolute Gasteiger partial charge is 0.325 e. The minimum absolute atomic E-state index is 0. The largest absolute Gasteiger partial charge is 0.493 e. The molecule has 2 aliphatic heterocycles. The third-order valence-electron chi connectivity index (χ3n) is 5.59. The molecule has 4 N–H and O–H groups in total. The van der Waals surface area contributed by atoms with Gasteiger partial charge in [-0.25, -0.2) is 4.79 Å². The summed E-state index contributed by atoms with van der Waals surface area (Å²) in [6.45, 7) is 1.13. The highest BCUT2D eigenvalue weighted by atomic mass is 127. The molecular formula is C19H26IN5O3. The van der Waals surface area contributed by atoms with Crippen LogP contribution < -0.4 is 21.1 Å². The Hall–Kier alpha value is -2.04. The van der Waals surface area contributed by atoms with Crippen molar-refractivity contribution < 1.29 is 14.3 Å². The van der Waals surface area contributed by atoms with Gasteiger partial charge in [0.25, 0.3) is 5.91 Å². The number of nitrogens with two attached hydrogens (primary N) is 1. The van der Waals surface area contributed by atoms with Crippen molar-refractivity contribution in [2.75, 3.05) is 19.7 Å². The highest BCUT2D eigenvalue weighted by Gasteiger charge is 2.52. The van der Waals surface area contributed by atoms with E-state index < -0.39 is 5.54 Å². The Kier molecular flexibility index (Phi) is 6.31. The number of guanidine groups is 1. The predicted octanol–water partition coefficient (Wildman–Crippen LogP) is 1.90. The van der Waals surface area contributed by atoms with Crippen LogP contribution in [0.3, 0.4) is 0 Å². The van der Waals surface area contributed by atoms with E-state index in [-0.39, 0.29) is 55.0 Å². The van der Waals surface area contributed by atoms with Gasteiger partial charge in [-0.1, -0.05) is 31.0 Å². The number of hydrogen-bond acceptors (Lipinski definition) is 4. The number of para-hydroxylation sites is 1. The molecule has 1 atom stereocenters. The second kappa shape index (κ2) is 8.54. The zero-order chi connectivity index (χ0) is 18.9. The lowest BCUT2D eigenvalue weighted by Gasteiger charge is -2.27. The molecule has 28 heavy (non-hydrogen) atoms. The third-order valence-corrected chi connectivity index (χ3v) is 5.59. The Morgan fingerprint density at radius 2 is 2.07 bits per heavy atom. The summed E-state index contributed by atoms with van der Waals surface area (Å²) >= 11 is 0. The van der Waals surface area contributed by atoms with Crippen molar-refractivity contribution in [3.05, 3.63) is 29.8 Å². The van der Waals surface area contributed by atoms with Gasteiger partial charge in [-0.2, -0.15) is 0 Å². The molecule has 2 heterocycles. The van der Waals surface area contributed by atoms with Gasteiger partial charge >= 0.3 is 6.03 Å². The molecule has 2 fully saturated rings. The standard InChI is InChI=1S/C19H25N5O3.HI/c20-17(22-14-7-12-27-15-6-2-1-5-13(14)15)21-10-11-24-16(25)19(23-18(24)26)8-3-4-9-19;/h1-2,5-6,14H,3-4,7-12H2,(H,23,26)(H3,20,21,22);1H. The average Bonchev–Trinajstić information content (AvgIpc) is 3.22. The average molecular weight is 499 g/mol. The number of imide groups is 1. The molecule has 3 aliphatic rings. The number of nitrogens with one attached hydrogen (secondary N) is 2. The predicted molar refractivity (Wildman–Crippen MR) is 116 cm³/mol. The van der Waals surface area contributed by atoms with Crippen molar-refractivity contribution in [1.82, 2.24) is 15.5 Å². The van der Waals surface area contributed by atoms with Crippen LogP contribution >= 0.6 is 24.0 Å². The lowest BCUT2D eigenvalue weighted by molar-refractivity contribution is -0.131. The molecule has 8 nitrogen and oxygen atoms in total. The Morgan fingerprint density at radius 1 is 1.32 bits per heavy atom. The summed E-state index contributed by atoms with van der Waals surface area (Å²) in [5, 5.41) is 6.09. The summed E-state index contributed by atoms with van der Waals surface area (Å²) in [6.07, 6.45) is 4.19. The molecular weight excluding hydrogens is 473 g/mol. The van der Waals surface area contributed by atoms with Crippen LogP contribution in [-0.4, -0.2) is 48.0 Å². The molecule has 1 saturated heterocycles. The topological polar surface area (TPSA) is 109 Å². The number of urea groups is 1. The Balaban J connectivity index is 0.00000225. The first-order chi connectivity index (χ1) is 13.1. The number of aliphatic imine (C=N–C) groups is 1. The number of hydrogen-bond donors (Lipinski definition) is 3. The quantitative estimate of drug-likeness (QED) is 0.254. The molecule has 1 unspecified atom stereocenters. The van der Waals surface area contributed by atoms with Gasteiger partial charge in [-0.15, -0.1) is 24.0 Å². The first-order valence-corrected chi connectivity index (χ1v) is 9.51. The van der Waals surface area contributed by atoms with Crippen molar-refractivity contribution in [2.24, 2.45) is 10.7 Å². The highest BCUT2D eigenvalue weighted by molar-refractivity contribution is 14.0. The molecule has 4 rings (SSSR count). The fraction of sp³-hybridized carbons (Fsp3) is 0.526. The van der Waals surface area contributed by atoms with Crippen LogP contribution in [0, 0.1) is 0 Å². The molecule has 152 valence electrons. The van der Waals surface area contributed by atoms with Gasteiger partial charge < -0.3 is 21.1 Å². The van der Waals surface area contributed by atoms with E-state index in [0.717, 1.165) is 43.4 Å². The summed E-state index contributed by atoms with van der Waals surface area (Å²) in [5.74, 6) is 1.04. The van der Waals surface area contributed by atoms with Gasteiger partial charge in [-0.3, -0.25) is 14.7 Å². The SMILES string of the molecule is I.NC(=NCCN1C(=O)NC2(CCCC2)C1=O)NC1CCOc2ccccc21. The van der Waals surface area contributed by atoms with Crippen molar-refractivity contribution in [3.63, 3.8) is 0 Å². The Morgan fingerprint density at radius 3 is 2.86 bits per heavy atom. The first-order valence-electron chi connectivity index (χ1n) is 9.51. The summed E-state index contributed by atoms with van der Waals surface area (Å²) in [5.41, 5.74) is 6.41. The number of carbonyl (C=O) groups excluding carboxylic acids is 2. The van der Waals surface area contributed by atoms with Crippen LogP contribution in [0.1, 0.15) is 43.7 Å². The van der Waals surface area contributed by atoms with Gasteiger partial charge in [0, 0.05) is 12.0 Å². The lowest BCUT2D eigenvalue weighted by atomic mass is 9.98. The monoisotopic (exact) mass is 499 g/mol. The Labute approximate surface area is 181 Å². The number of ether oxygens (including phenoxy) is 1. The molecule has 1 spiro atoms. The number of rotatable bonds is 4. The maximum atomic E-state index is 12.6. The summed E-state index contributed by atoms with van der Waals surface area (Å²) in [7, 11) is 0. The molecule has 0 aromatic heterocycles. The van der Waals surface area contributed by atoms with Gasteiger partial charge in [0.2, 0.25) is 0 Å². The maximum Gasteiger partial charge on any atom is 0.325 e. The van der Waals surface area contributed by atoms with E-state index in [1.807, 2.05) is 24.3 Å². The number of benzene rings is 1. The van der Waals surface area contributed by atoms with E-state index in [1.165, 1.54) is 4.90 Å². The van der Waals surface area contributed by atoms with Crippen molar-refractivity contribution in [2.45, 2.75) is 43.7 Å². The molecule has 1 aromatic rings. The zero-order valence-electron chi connectivity index (χ0n) is 15.6. The second-order valence-electron chi connectivity index (χ2n) is 7.32. The Bertz CT molecular complexity index is 779. The number of amides is 3. The lowest BCUT2D eigenvalue weighted by Crippen LogP contribution is -2.44. The fourth-order valence-electron chi connectivity index (χ4n) is 4.18. The normalized spacial score (nSPS) is 23.1. The van der Waals surface area contributed by atoms with E-state index in [9.17, 15) is 9.59 Å². The van der Waals surface area contributed by atoms with Crippen LogP contribution in [0.25, 0.3) is 0 Å². The molecule has 1 saturated carbocycles.